The summed E-state index contributed by atoms with van der Waals surface area (Å²) in [7, 11) is 0. The van der Waals surface area contributed by atoms with Crippen LogP contribution in [0.4, 0.5) is 4.39 Å². The van der Waals surface area contributed by atoms with Crippen molar-refractivity contribution < 1.29 is 9.13 Å². The van der Waals surface area contributed by atoms with Crippen LogP contribution in [0.3, 0.4) is 0 Å². The van der Waals surface area contributed by atoms with Crippen LogP contribution in [0.2, 0.25) is 0 Å². The molecule has 0 unspecified atom stereocenters. The summed E-state index contributed by atoms with van der Waals surface area (Å²) in [6.45, 7) is 7.17. The zero-order chi connectivity index (χ0) is 15.5. The normalized spacial score (nSPS) is 11.5. The summed E-state index contributed by atoms with van der Waals surface area (Å²) in [4.78, 5) is 0. The Hall–Kier alpha value is -1.87. The maximum absolute atomic E-state index is 13.4. The SMILES string of the molecule is CC(C)(C)c1ccc(OCc2cc(F)cc(CN)c2)cc1. The molecule has 0 aliphatic heterocycles. The molecule has 3 heteroatoms. The molecule has 0 aliphatic rings. The summed E-state index contributed by atoms with van der Waals surface area (Å²) >= 11 is 0. The molecule has 112 valence electrons. The lowest BCUT2D eigenvalue weighted by Gasteiger charge is -2.19. The lowest BCUT2D eigenvalue weighted by atomic mass is 9.87. The van der Waals surface area contributed by atoms with E-state index in [9.17, 15) is 4.39 Å². The van der Waals surface area contributed by atoms with E-state index in [0.29, 0.717) is 13.2 Å². The quantitative estimate of drug-likeness (QED) is 0.916. The van der Waals surface area contributed by atoms with E-state index in [1.54, 1.807) is 0 Å². The molecule has 0 spiro atoms. The summed E-state index contributed by atoms with van der Waals surface area (Å²) < 4.78 is 19.1. The molecule has 0 heterocycles. The maximum Gasteiger partial charge on any atom is 0.123 e. The number of benzene rings is 2. The first kappa shape index (κ1) is 15.5. The van der Waals surface area contributed by atoms with Crippen molar-refractivity contribution in [2.45, 2.75) is 39.3 Å². The van der Waals surface area contributed by atoms with Gasteiger partial charge in [0, 0.05) is 6.54 Å². The fourth-order valence-corrected chi connectivity index (χ4v) is 2.14. The summed E-state index contributed by atoms with van der Waals surface area (Å²) in [6.07, 6.45) is 0. The second-order valence-corrected chi connectivity index (χ2v) is 6.23. The molecule has 2 aromatic carbocycles. The topological polar surface area (TPSA) is 35.2 Å². The van der Waals surface area contributed by atoms with Crippen LogP contribution in [0.1, 0.15) is 37.5 Å². The van der Waals surface area contributed by atoms with Crippen LogP contribution in [0.15, 0.2) is 42.5 Å². The maximum atomic E-state index is 13.4. The zero-order valence-corrected chi connectivity index (χ0v) is 12.8. The molecule has 0 aliphatic carbocycles. The Morgan fingerprint density at radius 3 is 2.19 bits per heavy atom. The van der Waals surface area contributed by atoms with E-state index in [0.717, 1.165) is 16.9 Å². The highest BCUT2D eigenvalue weighted by molar-refractivity contribution is 5.31. The van der Waals surface area contributed by atoms with E-state index < -0.39 is 0 Å². The molecule has 0 amide bonds. The van der Waals surface area contributed by atoms with Crippen LogP contribution in [-0.4, -0.2) is 0 Å². The molecule has 21 heavy (non-hydrogen) atoms. The van der Waals surface area contributed by atoms with E-state index >= 15 is 0 Å². The van der Waals surface area contributed by atoms with Gasteiger partial charge in [-0.15, -0.1) is 0 Å². The predicted octanol–water partition coefficient (Wildman–Crippen LogP) is 4.16. The van der Waals surface area contributed by atoms with Gasteiger partial charge >= 0.3 is 0 Å². The van der Waals surface area contributed by atoms with Crippen molar-refractivity contribution in [3.63, 3.8) is 0 Å². The minimum absolute atomic E-state index is 0.122. The highest BCUT2D eigenvalue weighted by Gasteiger charge is 2.13. The number of ether oxygens (including phenoxy) is 1. The van der Waals surface area contributed by atoms with Crippen molar-refractivity contribution in [2.24, 2.45) is 5.73 Å². The zero-order valence-electron chi connectivity index (χ0n) is 12.8. The highest BCUT2D eigenvalue weighted by atomic mass is 19.1. The smallest absolute Gasteiger partial charge is 0.123 e. The average Bonchev–Trinajstić information content (AvgIpc) is 2.44. The molecule has 0 saturated heterocycles. The second-order valence-electron chi connectivity index (χ2n) is 6.23. The molecule has 2 rings (SSSR count). The van der Waals surface area contributed by atoms with Crippen molar-refractivity contribution in [1.29, 1.82) is 0 Å². The largest absolute Gasteiger partial charge is 0.489 e. The molecule has 0 aromatic heterocycles. The van der Waals surface area contributed by atoms with E-state index in [-0.39, 0.29) is 11.2 Å². The van der Waals surface area contributed by atoms with Crippen molar-refractivity contribution in [1.82, 2.24) is 0 Å². The van der Waals surface area contributed by atoms with E-state index in [2.05, 4.69) is 32.9 Å². The first-order valence-corrected chi connectivity index (χ1v) is 7.10. The van der Waals surface area contributed by atoms with Gasteiger partial charge < -0.3 is 10.5 Å². The van der Waals surface area contributed by atoms with E-state index in [1.165, 1.54) is 17.7 Å². The van der Waals surface area contributed by atoms with Gasteiger partial charge in [-0.2, -0.15) is 0 Å². The molecule has 0 radical (unpaired) electrons. The van der Waals surface area contributed by atoms with Crippen LogP contribution < -0.4 is 10.5 Å². The highest BCUT2D eigenvalue weighted by Crippen LogP contribution is 2.24. The first-order chi connectivity index (χ1) is 9.88. The minimum atomic E-state index is -0.278. The standard InChI is InChI=1S/C18H22FNO/c1-18(2,3)15-4-6-17(7-5-15)21-12-14-8-13(11-20)9-16(19)10-14/h4-10H,11-12,20H2,1-3H3. The van der Waals surface area contributed by atoms with Crippen LogP contribution in [0, 0.1) is 5.82 Å². The summed E-state index contributed by atoms with van der Waals surface area (Å²) in [6, 6.07) is 12.8. The van der Waals surface area contributed by atoms with E-state index in [4.69, 9.17) is 10.5 Å². The van der Waals surface area contributed by atoms with Gasteiger partial charge in [-0.25, -0.2) is 4.39 Å². The van der Waals surface area contributed by atoms with Gasteiger partial charge in [0.2, 0.25) is 0 Å². The molecule has 2 nitrogen and oxygen atoms in total. The molecular formula is C18H22FNO. The van der Waals surface area contributed by atoms with Gasteiger partial charge in [0.05, 0.1) is 0 Å². The molecule has 0 atom stereocenters. The Morgan fingerprint density at radius 2 is 1.62 bits per heavy atom. The first-order valence-electron chi connectivity index (χ1n) is 7.10. The summed E-state index contributed by atoms with van der Waals surface area (Å²) in [5, 5.41) is 0. The average molecular weight is 287 g/mol. The fraction of sp³-hybridized carbons (Fsp3) is 0.333. The monoisotopic (exact) mass is 287 g/mol. The van der Waals surface area contributed by atoms with Gasteiger partial charge in [0.1, 0.15) is 18.2 Å². The van der Waals surface area contributed by atoms with Crippen molar-refractivity contribution >= 4 is 0 Å². The van der Waals surface area contributed by atoms with Gasteiger partial charge in [-0.05, 0) is 46.4 Å². The number of hydrogen-bond acceptors (Lipinski definition) is 2. The number of halogens is 1. The molecular weight excluding hydrogens is 265 g/mol. The van der Waals surface area contributed by atoms with Crippen LogP contribution in [0.25, 0.3) is 0 Å². The van der Waals surface area contributed by atoms with Gasteiger partial charge in [0.15, 0.2) is 0 Å². The molecule has 2 aromatic rings. The Kier molecular flexibility index (Phi) is 4.63. The second kappa shape index (κ2) is 6.27. The lowest BCUT2D eigenvalue weighted by Crippen LogP contribution is -2.10. The molecule has 0 saturated carbocycles. The van der Waals surface area contributed by atoms with Crippen LogP contribution >= 0.6 is 0 Å². The van der Waals surface area contributed by atoms with Gasteiger partial charge in [0.25, 0.3) is 0 Å². The third kappa shape index (κ3) is 4.30. The summed E-state index contributed by atoms with van der Waals surface area (Å²) in [5.41, 5.74) is 8.48. The van der Waals surface area contributed by atoms with Crippen LogP contribution in [0.5, 0.6) is 5.75 Å². The Labute approximate surface area is 125 Å². The number of nitrogens with two attached hydrogens (primary N) is 1. The Morgan fingerprint density at radius 1 is 1.00 bits per heavy atom. The van der Waals surface area contributed by atoms with E-state index in [1.807, 2.05) is 18.2 Å². The van der Waals surface area contributed by atoms with Crippen LogP contribution in [-0.2, 0) is 18.6 Å². The summed E-state index contributed by atoms with van der Waals surface area (Å²) in [5.74, 6) is 0.501. The predicted molar refractivity (Wildman–Crippen MR) is 83.8 cm³/mol. The van der Waals surface area contributed by atoms with Crippen molar-refractivity contribution in [3.8, 4) is 5.75 Å². The molecule has 0 fully saturated rings. The number of rotatable bonds is 4. The minimum Gasteiger partial charge on any atom is -0.489 e. The molecule has 0 bridgehead atoms. The molecule has 2 N–H and O–H groups in total. The Balaban J connectivity index is 2.05. The van der Waals surface area contributed by atoms with Crippen molar-refractivity contribution in [2.75, 3.05) is 0 Å². The fourth-order valence-electron chi connectivity index (χ4n) is 2.14. The Bertz CT molecular complexity index is 600. The van der Waals surface area contributed by atoms with Gasteiger partial charge in [-0.3, -0.25) is 0 Å². The third-order valence-corrected chi connectivity index (χ3v) is 3.38. The van der Waals surface area contributed by atoms with Gasteiger partial charge in [-0.1, -0.05) is 39.0 Å². The van der Waals surface area contributed by atoms with Crippen molar-refractivity contribution in [3.05, 3.63) is 65.0 Å². The third-order valence-electron chi connectivity index (χ3n) is 3.38. The lowest BCUT2D eigenvalue weighted by molar-refractivity contribution is 0.305. The number of hydrogen-bond donors (Lipinski definition) is 1.